The number of hydrogen-bond donors (Lipinski definition) is 0. The smallest absolute Gasteiger partial charge is 0.154 e. The Hall–Kier alpha value is -2.11. The number of rotatable bonds is 5. The zero-order valence-electron chi connectivity index (χ0n) is 29.9. The van der Waals surface area contributed by atoms with Crippen LogP contribution < -0.4 is 0 Å². The van der Waals surface area contributed by atoms with E-state index in [1.54, 1.807) is 6.08 Å². The summed E-state index contributed by atoms with van der Waals surface area (Å²) >= 11 is 0. The summed E-state index contributed by atoms with van der Waals surface area (Å²) in [6.07, 6.45) is 45.3. The van der Waals surface area contributed by atoms with E-state index in [1.165, 1.54) is 51.4 Å². The second-order valence-corrected chi connectivity index (χ2v) is 17.4. The number of fused-ring (bicyclic) bond motifs is 8. The molecule has 9 fully saturated rings. The second-order valence-electron chi connectivity index (χ2n) is 17.4. The van der Waals surface area contributed by atoms with Crippen LogP contribution in [0.5, 0.6) is 0 Å². The lowest BCUT2D eigenvalue weighted by Crippen LogP contribution is -2.13. The quantitative estimate of drug-likeness (QED) is 0.166. The zero-order chi connectivity index (χ0) is 33.4. The van der Waals surface area contributed by atoms with E-state index in [4.69, 9.17) is 23.7 Å². The fraction of sp³-hybridized carbons (Fsp3) is 0.689. The molecule has 0 spiro atoms. The molecular weight excluding hydrogens is 620 g/mol. The first kappa shape index (κ1) is 33.7. The number of epoxide rings is 5. The number of allylic oxidation sites excluding steroid dienone is 12. The Morgan fingerprint density at radius 1 is 0.460 bits per heavy atom. The van der Waals surface area contributed by atoms with Crippen LogP contribution in [0.15, 0.2) is 79.5 Å². The normalized spacial score (nSPS) is 49.7. The van der Waals surface area contributed by atoms with Gasteiger partial charge in [-0.15, -0.1) is 6.58 Å². The van der Waals surface area contributed by atoms with E-state index in [0.717, 1.165) is 110 Å². The molecule has 0 radical (unpaired) electrons. The van der Waals surface area contributed by atoms with Gasteiger partial charge in [0, 0.05) is 6.08 Å². The Kier molecular flexibility index (Phi) is 10.2. The third-order valence-corrected chi connectivity index (χ3v) is 13.9. The average Bonchev–Trinajstić information content (AvgIpc) is 4.16. The fourth-order valence-electron chi connectivity index (χ4n) is 10.7. The topological polar surface area (TPSA) is 62.6 Å². The van der Waals surface area contributed by atoms with Gasteiger partial charge in [-0.1, -0.05) is 54.7 Å². The van der Waals surface area contributed by atoms with Crippen molar-refractivity contribution in [1.82, 2.24) is 0 Å². The van der Waals surface area contributed by atoms with E-state index in [1.807, 2.05) is 12.2 Å². The lowest BCUT2D eigenvalue weighted by molar-refractivity contribution is 0.298. The summed E-state index contributed by atoms with van der Waals surface area (Å²) in [6.45, 7) is 8.56. The summed E-state index contributed by atoms with van der Waals surface area (Å²) in [5.41, 5.74) is 0. The maximum Gasteiger partial charge on any atom is 0.154 e. The molecule has 5 saturated heterocycles. The number of ether oxygens (including phenoxy) is 5. The molecule has 0 amide bonds. The molecule has 14 aliphatic rings. The molecule has 0 N–H and O–H groups in total. The van der Waals surface area contributed by atoms with Crippen molar-refractivity contribution in [2.45, 2.75) is 88.3 Å². The highest BCUT2D eigenvalue weighted by Crippen LogP contribution is 2.50. The SMILES string of the molecule is C1=CC2CC1CC2[C@@H]1CO1.C1=CC2CC1CC2[C@@H]1CO1.C1=CC2CC1CC2[C@@H]1CO1.C1=CC2CC1CC2[C@@H]1CO1.C=CC1CO1.[C+]1=CC=CC1. The minimum absolute atomic E-state index is 0.398. The largest absolute Gasteiger partial charge is 0.373 e. The molecule has 9 aliphatic carbocycles. The average molecular weight is 680 g/mol. The molecule has 5 heterocycles. The lowest BCUT2D eigenvalue weighted by Gasteiger charge is -2.14. The van der Waals surface area contributed by atoms with E-state index in [2.05, 4.69) is 67.3 Å². The van der Waals surface area contributed by atoms with Gasteiger partial charge in [0.2, 0.25) is 0 Å². The van der Waals surface area contributed by atoms with E-state index in [0.29, 0.717) is 30.5 Å². The van der Waals surface area contributed by atoms with Crippen LogP contribution in [-0.4, -0.2) is 63.6 Å². The van der Waals surface area contributed by atoms with Gasteiger partial charge in [0.05, 0.1) is 75.7 Å². The minimum Gasteiger partial charge on any atom is -0.373 e. The first-order chi connectivity index (χ1) is 24.7. The van der Waals surface area contributed by atoms with Gasteiger partial charge in [0.25, 0.3) is 0 Å². The van der Waals surface area contributed by atoms with Crippen LogP contribution in [0.1, 0.15) is 57.8 Å². The summed E-state index contributed by atoms with van der Waals surface area (Å²) in [5.74, 6) is 10.8. The van der Waals surface area contributed by atoms with Crippen molar-refractivity contribution in [2.75, 3.05) is 33.0 Å². The summed E-state index contributed by atoms with van der Waals surface area (Å²) < 4.78 is 26.0. The highest BCUT2D eigenvalue weighted by molar-refractivity contribution is 5.15. The van der Waals surface area contributed by atoms with Crippen LogP contribution in [0.2, 0.25) is 0 Å². The molecule has 268 valence electrons. The molecule has 13 unspecified atom stereocenters. The third-order valence-electron chi connectivity index (χ3n) is 13.9. The van der Waals surface area contributed by atoms with Crippen molar-refractivity contribution in [3.8, 4) is 0 Å². The second kappa shape index (κ2) is 15.1. The van der Waals surface area contributed by atoms with Crippen LogP contribution in [-0.2, 0) is 23.7 Å². The molecule has 0 aromatic carbocycles. The molecule has 8 bridgehead atoms. The Morgan fingerprint density at radius 2 is 0.800 bits per heavy atom. The molecule has 5 nitrogen and oxygen atoms in total. The molecular formula is C45H59O5+. The first-order valence-electron chi connectivity index (χ1n) is 20.3. The van der Waals surface area contributed by atoms with Gasteiger partial charge in [-0.2, -0.15) is 0 Å². The van der Waals surface area contributed by atoms with Crippen molar-refractivity contribution in [2.24, 2.45) is 71.0 Å². The fourth-order valence-corrected chi connectivity index (χ4v) is 10.7. The predicted molar refractivity (Wildman–Crippen MR) is 196 cm³/mol. The van der Waals surface area contributed by atoms with Crippen LogP contribution in [0.4, 0.5) is 0 Å². The van der Waals surface area contributed by atoms with Gasteiger partial charge in [-0.3, -0.25) is 0 Å². The van der Waals surface area contributed by atoms with E-state index in [-0.39, 0.29) is 0 Å². The van der Waals surface area contributed by atoms with Gasteiger partial charge in [0.15, 0.2) is 6.08 Å². The maximum absolute atomic E-state index is 5.31. The van der Waals surface area contributed by atoms with E-state index < -0.39 is 0 Å². The minimum atomic E-state index is 0.398. The summed E-state index contributed by atoms with van der Waals surface area (Å²) in [7, 11) is 0. The highest BCUT2D eigenvalue weighted by Gasteiger charge is 2.47. The van der Waals surface area contributed by atoms with Gasteiger partial charge < -0.3 is 23.7 Å². The van der Waals surface area contributed by atoms with Crippen molar-refractivity contribution in [1.29, 1.82) is 0 Å². The molecule has 0 aromatic heterocycles. The summed E-state index contributed by atoms with van der Waals surface area (Å²) in [4.78, 5) is 0. The van der Waals surface area contributed by atoms with E-state index >= 15 is 0 Å². The molecule has 5 heteroatoms. The Labute approximate surface area is 300 Å². The first-order valence-corrected chi connectivity index (χ1v) is 20.3. The molecule has 4 saturated carbocycles. The van der Waals surface area contributed by atoms with E-state index in [9.17, 15) is 0 Å². The Bertz CT molecular complexity index is 1180. The van der Waals surface area contributed by atoms with Crippen molar-refractivity contribution < 1.29 is 23.7 Å². The van der Waals surface area contributed by atoms with Crippen LogP contribution in [0, 0.1) is 77.1 Å². The molecule has 0 aromatic rings. The van der Waals surface area contributed by atoms with Crippen LogP contribution >= 0.6 is 0 Å². The van der Waals surface area contributed by atoms with Crippen molar-refractivity contribution >= 4 is 0 Å². The monoisotopic (exact) mass is 679 g/mol. The van der Waals surface area contributed by atoms with Crippen LogP contribution in [0.25, 0.3) is 0 Å². The highest BCUT2D eigenvalue weighted by atomic mass is 16.6. The van der Waals surface area contributed by atoms with Gasteiger partial charge >= 0.3 is 0 Å². The summed E-state index contributed by atoms with van der Waals surface area (Å²) in [6, 6.07) is 0. The molecule has 50 heavy (non-hydrogen) atoms. The zero-order valence-corrected chi connectivity index (χ0v) is 29.9. The van der Waals surface area contributed by atoms with Crippen molar-refractivity contribution in [3.63, 3.8) is 0 Å². The van der Waals surface area contributed by atoms with Gasteiger partial charge in [-0.25, -0.2) is 0 Å². The molecule has 14 rings (SSSR count). The standard InChI is InChI=1S/4C9H12O.C5H5.C4H6O/c4*1-2-7-3-6(1)4-8(7)9-5-10-9;1-2-4-5-3-1;1-2-4-3-5-4/h4*1-2,6-9H,3-5H2;1-3H,4H2;2,4H,1,3H2/q;;;;+1;/t4*6?,7?,8?,9-;;/m0000../s1. The Morgan fingerprint density at radius 3 is 0.920 bits per heavy atom. The summed E-state index contributed by atoms with van der Waals surface area (Å²) in [5, 5.41) is 0. The van der Waals surface area contributed by atoms with Gasteiger partial charge in [0.1, 0.15) is 6.42 Å². The predicted octanol–water partition coefficient (Wildman–Crippen LogP) is 8.27. The lowest BCUT2D eigenvalue weighted by atomic mass is 9.91. The number of hydrogen-bond acceptors (Lipinski definition) is 5. The Balaban J connectivity index is 0.0000000825. The van der Waals surface area contributed by atoms with Crippen molar-refractivity contribution in [3.05, 3.63) is 85.6 Å². The molecule has 5 aliphatic heterocycles. The third kappa shape index (κ3) is 8.57. The molecule has 17 atom stereocenters. The maximum atomic E-state index is 5.31. The van der Waals surface area contributed by atoms with Gasteiger partial charge in [-0.05, 0) is 122 Å². The van der Waals surface area contributed by atoms with Crippen LogP contribution in [0.3, 0.4) is 0 Å².